The fourth-order valence-electron chi connectivity index (χ4n) is 2.35. The quantitative estimate of drug-likeness (QED) is 0.709. The number of halogens is 1. The number of carbonyl (C=O) groups excluding carboxylic acids is 1. The smallest absolute Gasteiger partial charge is 0.222 e. The predicted molar refractivity (Wildman–Crippen MR) is 71.9 cm³/mol. The minimum absolute atomic E-state index is 0.377. The molecule has 94 valence electrons. The number of hydrogen-bond donors (Lipinski definition) is 0. The van der Waals surface area contributed by atoms with E-state index < -0.39 is 0 Å². The molecule has 1 rings (SSSR count). The van der Waals surface area contributed by atoms with Gasteiger partial charge in [-0.05, 0) is 25.2 Å². The van der Waals surface area contributed by atoms with Crippen LogP contribution in [0.25, 0.3) is 0 Å². The van der Waals surface area contributed by atoms with Gasteiger partial charge >= 0.3 is 0 Å². The highest BCUT2D eigenvalue weighted by molar-refractivity contribution is 9.09. The first-order valence-electron chi connectivity index (χ1n) is 6.61. The summed E-state index contributed by atoms with van der Waals surface area (Å²) in [5, 5.41) is 1.02. The number of alkyl halides is 1. The van der Waals surface area contributed by atoms with Crippen molar-refractivity contribution in [1.29, 1.82) is 0 Å². The summed E-state index contributed by atoms with van der Waals surface area (Å²) in [5.41, 5.74) is 0. The molecule has 0 saturated carbocycles. The van der Waals surface area contributed by atoms with Crippen molar-refractivity contribution in [3.8, 4) is 0 Å². The van der Waals surface area contributed by atoms with Crippen molar-refractivity contribution < 1.29 is 4.79 Å². The average Bonchev–Trinajstić information content (AvgIpc) is 2.27. The van der Waals surface area contributed by atoms with Crippen LogP contribution in [0.4, 0.5) is 0 Å². The standard InChI is InChI=1S/C13H24BrNO/c1-2-7-12(10-14)11-15-9-6-4-3-5-8-13(15)16/h12H,2-11H2,1H3. The maximum absolute atomic E-state index is 11.9. The second kappa shape index (κ2) is 8.10. The Morgan fingerprint density at radius 3 is 2.75 bits per heavy atom. The van der Waals surface area contributed by atoms with Crippen molar-refractivity contribution in [1.82, 2.24) is 4.90 Å². The maximum atomic E-state index is 11.9. The maximum Gasteiger partial charge on any atom is 0.222 e. The third kappa shape index (κ3) is 4.86. The Bertz CT molecular complexity index is 208. The van der Waals surface area contributed by atoms with Gasteiger partial charge in [0, 0.05) is 24.8 Å². The second-order valence-electron chi connectivity index (χ2n) is 4.81. The van der Waals surface area contributed by atoms with Crippen LogP contribution < -0.4 is 0 Å². The molecule has 0 aliphatic carbocycles. The minimum Gasteiger partial charge on any atom is -0.342 e. The van der Waals surface area contributed by atoms with E-state index in [-0.39, 0.29) is 0 Å². The van der Waals surface area contributed by atoms with E-state index >= 15 is 0 Å². The molecule has 1 atom stereocenters. The number of hydrogen-bond acceptors (Lipinski definition) is 1. The highest BCUT2D eigenvalue weighted by Crippen LogP contribution is 2.16. The molecule has 1 saturated heterocycles. The van der Waals surface area contributed by atoms with E-state index in [4.69, 9.17) is 0 Å². The predicted octanol–water partition coefficient (Wildman–Crippen LogP) is 3.59. The molecule has 0 radical (unpaired) electrons. The van der Waals surface area contributed by atoms with E-state index in [9.17, 15) is 4.79 Å². The van der Waals surface area contributed by atoms with E-state index in [2.05, 4.69) is 27.8 Å². The van der Waals surface area contributed by atoms with E-state index in [1.54, 1.807) is 0 Å². The summed E-state index contributed by atoms with van der Waals surface area (Å²) in [6, 6.07) is 0. The summed E-state index contributed by atoms with van der Waals surface area (Å²) in [4.78, 5) is 14.0. The zero-order chi connectivity index (χ0) is 11.8. The van der Waals surface area contributed by atoms with Gasteiger partial charge in [-0.2, -0.15) is 0 Å². The van der Waals surface area contributed by atoms with Gasteiger partial charge in [0.25, 0.3) is 0 Å². The highest BCUT2D eigenvalue weighted by Gasteiger charge is 2.18. The van der Waals surface area contributed by atoms with Crippen LogP contribution in [0.15, 0.2) is 0 Å². The molecule has 1 aliphatic heterocycles. The molecule has 16 heavy (non-hydrogen) atoms. The molecule has 1 amide bonds. The van der Waals surface area contributed by atoms with Gasteiger partial charge in [0.1, 0.15) is 0 Å². The van der Waals surface area contributed by atoms with Crippen molar-refractivity contribution in [2.75, 3.05) is 18.4 Å². The van der Waals surface area contributed by atoms with Gasteiger partial charge in [0.15, 0.2) is 0 Å². The molecule has 0 aromatic heterocycles. The largest absolute Gasteiger partial charge is 0.342 e. The van der Waals surface area contributed by atoms with E-state index in [0.717, 1.165) is 31.3 Å². The monoisotopic (exact) mass is 289 g/mol. The van der Waals surface area contributed by atoms with Crippen molar-refractivity contribution in [2.45, 2.75) is 51.9 Å². The minimum atomic E-state index is 0.377. The van der Waals surface area contributed by atoms with Crippen LogP contribution in [-0.2, 0) is 4.79 Å². The van der Waals surface area contributed by atoms with Gasteiger partial charge in [-0.3, -0.25) is 4.79 Å². The van der Waals surface area contributed by atoms with Gasteiger partial charge in [-0.15, -0.1) is 0 Å². The summed E-state index contributed by atoms with van der Waals surface area (Å²) >= 11 is 3.56. The van der Waals surface area contributed by atoms with Crippen molar-refractivity contribution in [2.24, 2.45) is 5.92 Å². The molecule has 0 aromatic rings. The summed E-state index contributed by atoms with van der Waals surface area (Å²) in [7, 11) is 0. The van der Waals surface area contributed by atoms with Crippen molar-refractivity contribution in [3.05, 3.63) is 0 Å². The lowest BCUT2D eigenvalue weighted by atomic mass is 10.0. The van der Waals surface area contributed by atoms with Gasteiger partial charge in [-0.1, -0.05) is 42.1 Å². The summed E-state index contributed by atoms with van der Waals surface area (Å²) < 4.78 is 0. The van der Waals surface area contributed by atoms with Crippen LogP contribution in [0.5, 0.6) is 0 Å². The third-order valence-electron chi connectivity index (χ3n) is 3.32. The van der Waals surface area contributed by atoms with E-state index in [1.165, 1.54) is 32.1 Å². The lowest BCUT2D eigenvalue weighted by Gasteiger charge is -2.28. The number of nitrogens with zero attached hydrogens (tertiary/aromatic N) is 1. The number of carbonyl (C=O) groups is 1. The average molecular weight is 290 g/mol. The molecule has 1 aliphatic rings. The zero-order valence-corrected chi connectivity index (χ0v) is 12.0. The van der Waals surface area contributed by atoms with Gasteiger partial charge in [0.05, 0.1) is 0 Å². The second-order valence-corrected chi connectivity index (χ2v) is 5.46. The molecular formula is C13H24BrNO. The Hall–Kier alpha value is -0.0500. The molecule has 2 nitrogen and oxygen atoms in total. The van der Waals surface area contributed by atoms with E-state index in [1.807, 2.05) is 0 Å². The lowest BCUT2D eigenvalue weighted by molar-refractivity contribution is -0.132. The van der Waals surface area contributed by atoms with Gasteiger partial charge in [-0.25, -0.2) is 0 Å². The molecule has 3 heteroatoms. The first kappa shape index (κ1) is 14.0. The summed E-state index contributed by atoms with van der Waals surface area (Å²) in [6.07, 6.45) is 7.98. The molecular weight excluding hydrogens is 266 g/mol. The molecule has 0 aromatic carbocycles. The Morgan fingerprint density at radius 1 is 1.31 bits per heavy atom. The Morgan fingerprint density at radius 2 is 2.06 bits per heavy atom. The third-order valence-corrected chi connectivity index (χ3v) is 4.23. The van der Waals surface area contributed by atoms with Gasteiger partial charge < -0.3 is 4.90 Å². The molecule has 0 spiro atoms. The van der Waals surface area contributed by atoms with Crippen LogP contribution in [0, 0.1) is 5.92 Å². The fourth-order valence-corrected chi connectivity index (χ4v) is 2.87. The van der Waals surface area contributed by atoms with Gasteiger partial charge in [0.2, 0.25) is 5.91 Å². The normalized spacial score (nSPS) is 20.4. The van der Waals surface area contributed by atoms with Crippen LogP contribution in [-0.4, -0.2) is 29.2 Å². The molecule has 1 heterocycles. The fraction of sp³-hybridized carbons (Fsp3) is 0.923. The number of likely N-dealkylation sites (tertiary alicyclic amines) is 1. The topological polar surface area (TPSA) is 20.3 Å². The molecule has 0 bridgehead atoms. The number of rotatable bonds is 5. The van der Waals surface area contributed by atoms with Crippen LogP contribution in [0.1, 0.15) is 51.9 Å². The van der Waals surface area contributed by atoms with E-state index in [0.29, 0.717) is 11.8 Å². The molecule has 1 fully saturated rings. The zero-order valence-electron chi connectivity index (χ0n) is 10.4. The Balaban J connectivity index is 2.43. The van der Waals surface area contributed by atoms with Crippen LogP contribution in [0.3, 0.4) is 0 Å². The SMILES string of the molecule is CCCC(CBr)CN1CCCCCCC1=O. The number of amides is 1. The first-order valence-corrected chi connectivity index (χ1v) is 7.73. The van der Waals surface area contributed by atoms with Crippen molar-refractivity contribution in [3.63, 3.8) is 0 Å². The molecule has 1 unspecified atom stereocenters. The van der Waals surface area contributed by atoms with Crippen LogP contribution in [0.2, 0.25) is 0 Å². The van der Waals surface area contributed by atoms with Crippen molar-refractivity contribution >= 4 is 21.8 Å². The van der Waals surface area contributed by atoms with Crippen LogP contribution >= 0.6 is 15.9 Å². The first-order chi connectivity index (χ1) is 7.77. The Labute approximate surface area is 108 Å². The summed E-state index contributed by atoms with van der Waals surface area (Å²) in [5.74, 6) is 1.01. The highest BCUT2D eigenvalue weighted by atomic mass is 79.9. The summed E-state index contributed by atoms with van der Waals surface area (Å²) in [6.45, 7) is 4.15. The molecule has 0 N–H and O–H groups in total. The Kier molecular flexibility index (Phi) is 7.10. The lowest BCUT2D eigenvalue weighted by Crippen LogP contribution is -2.37.